The van der Waals surface area contributed by atoms with E-state index in [2.05, 4.69) is 6.92 Å². The van der Waals surface area contributed by atoms with Crippen LogP contribution in [0.5, 0.6) is 0 Å². The molecule has 0 rings (SSSR count). The summed E-state index contributed by atoms with van der Waals surface area (Å²) in [5.74, 6) is 0. The monoisotopic (exact) mass is 276 g/mol. The molecule has 0 N–H and O–H groups in total. The molecule has 92 valence electrons. The molecule has 5 heteroatoms. The van der Waals surface area contributed by atoms with Crippen molar-refractivity contribution in [1.82, 2.24) is 0 Å². The van der Waals surface area contributed by atoms with E-state index in [1.807, 2.05) is 0 Å². The van der Waals surface area contributed by atoms with E-state index in [-0.39, 0.29) is 23.2 Å². The molecule has 3 nitrogen and oxygen atoms in total. The van der Waals surface area contributed by atoms with Gasteiger partial charge in [-0.05, 0) is 12.6 Å². The molecule has 0 amide bonds. The molecular formula is C10H21FeO3P. The van der Waals surface area contributed by atoms with E-state index in [1.54, 1.807) is 0 Å². The van der Waals surface area contributed by atoms with Crippen molar-refractivity contribution in [2.24, 2.45) is 0 Å². The molecule has 0 saturated carbocycles. The third kappa shape index (κ3) is 17.3. The Hall–Kier alpha value is 0.669. The van der Waals surface area contributed by atoms with Gasteiger partial charge in [0.25, 0.3) is 0 Å². The molecule has 0 unspecified atom stereocenters. The number of hydrogen-bond acceptors (Lipinski definition) is 3. The van der Waals surface area contributed by atoms with Gasteiger partial charge in [0.1, 0.15) is 0 Å². The summed E-state index contributed by atoms with van der Waals surface area (Å²) in [6.45, 7) is 2.18. The Morgan fingerprint density at radius 3 is 1.67 bits per heavy atom. The zero-order chi connectivity index (χ0) is 10.9. The van der Waals surface area contributed by atoms with Gasteiger partial charge >= 0.3 is 17.1 Å². The summed E-state index contributed by atoms with van der Waals surface area (Å²) in [6.07, 6.45) is 8.52. The van der Waals surface area contributed by atoms with Crippen LogP contribution in [0, 0.1) is 0 Å². The molecular weight excluding hydrogens is 255 g/mol. The predicted molar refractivity (Wildman–Crippen MR) is 55.1 cm³/mol. The average molecular weight is 276 g/mol. The van der Waals surface area contributed by atoms with Crippen LogP contribution in [0.4, 0.5) is 0 Å². The van der Waals surface area contributed by atoms with E-state index >= 15 is 0 Å². The number of unbranched alkanes of at least 4 members (excludes halogenated alkanes) is 7. The van der Waals surface area contributed by atoms with Crippen LogP contribution < -0.4 is 9.79 Å². The topological polar surface area (TPSA) is 63.2 Å². The zero-order valence-electron chi connectivity index (χ0n) is 9.39. The van der Waals surface area contributed by atoms with Gasteiger partial charge < -0.3 is 14.4 Å². The maximum Gasteiger partial charge on any atom is 2.00 e. The first-order valence-electron chi connectivity index (χ1n) is 5.57. The minimum absolute atomic E-state index is 0. The smallest absolute Gasteiger partial charge is 0.811 e. The fourth-order valence-electron chi connectivity index (χ4n) is 1.44. The Kier molecular flexibility index (Phi) is 13.4. The Morgan fingerprint density at radius 2 is 1.27 bits per heavy atom. The minimum Gasteiger partial charge on any atom is -0.811 e. The second kappa shape index (κ2) is 11.2. The molecule has 0 bridgehead atoms. The molecule has 0 radical (unpaired) electrons. The third-order valence-electron chi connectivity index (χ3n) is 2.29. The first-order chi connectivity index (χ1) is 6.56. The number of hydrogen-bond donors (Lipinski definition) is 0. The molecule has 0 aliphatic carbocycles. The molecule has 0 aromatic rings. The van der Waals surface area contributed by atoms with Gasteiger partial charge in [0.05, 0.1) is 0 Å². The summed E-state index contributed by atoms with van der Waals surface area (Å²) in [5, 5.41) is 0. The standard InChI is InChI=1S/C10H23O3P.Fe/c1-2-3-4-5-6-7-8-9-10-14(11,12)13;/h2-10H2,1H3,(H2,11,12,13);/q;+2/p-2. The fourth-order valence-corrected chi connectivity index (χ4v) is 2.05. The summed E-state index contributed by atoms with van der Waals surface area (Å²) in [6, 6.07) is 0. The quantitative estimate of drug-likeness (QED) is 0.368. The van der Waals surface area contributed by atoms with Gasteiger partial charge in [0.2, 0.25) is 0 Å². The van der Waals surface area contributed by atoms with E-state index in [0.717, 1.165) is 12.8 Å². The zero-order valence-corrected chi connectivity index (χ0v) is 11.4. The SMILES string of the molecule is CCCCCCCCCCP(=O)([O-])[O-].[Fe+2]. The molecule has 0 spiro atoms. The van der Waals surface area contributed by atoms with Gasteiger partial charge in [-0.25, -0.2) is 0 Å². The number of rotatable bonds is 9. The van der Waals surface area contributed by atoms with Crippen molar-refractivity contribution in [2.75, 3.05) is 6.16 Å². The second-order valence-corrected chi connectivity index (χ2v) is 5.48. The first-order valence-corrected chi connectivity index (χ1v) is 7.30. The van der Waals surface area contributed by atoms with Crippen molar-refractivity contribution < 1.29 is 31.4 Å². The maximum atomic E-state index is 10.3. The largest absolute Gasteiger partial charge is 2.00 e. The fraction of sp³-hybridized carbons (Fsp3) is 1.00. The van der Waals surface area contributed by atoms with Crippen LogP contribution in [0.2, 0.25) is 0 Å². The van der Waals surface area contributed by atoms with Gasteiger partial charge in [0, 0.05) is 0 Å². The molecule has 0 saturated heterocycles. The molecule has 0 aromatic carbocycles. The summed E-state index contributed by atoms with van der Waals surface area (Å²) in [5.41, 5.74) is 0. The Morgan fingerprint density at radius 1 is 0.867 bits per heavy atom. The normalized spacial score (nSPS) is 11.1. The van der Waals surface area contributed by atoms with E-state index in [0.29, 0.717) is 6.42 Å². The van der Waals surface area contributed by atoms with Crippen LogP contribution >= 0.6 is 7.60 Å². The van der Waals surface area contributed by atoms with Gasteiger partial charge in [-0.15, -0.1) is 0 Å². The molecule has 0 atom stereocenters. The minimum atomic E-state index is -4.23. The van der Waals surface area contributed by atoms with Gasteiger partial charge in [-0.2, -0.15) is 0 Å². The molecule has 0 aromatic heterocycles. The Labute approximate surface area is 104 Å². The van der Waals surface area contributed by atoms with E-state index < -0.39 is 7.60 Å². The molecule has 0 aliphatic heterocycles. The molecule has 0 aliphatic rings. The predicted octanol–water partition coefficient (Wildman–Crippen LogP) is 2.04. The summed E-state index contributed by atoms with van der Waals surface area (Å²) in [4.78, 5) is 20.6. The molecule has 15 heavy (non-hydrogen) atoms. The summed E-state index contributed by atoms with van der Waals surface area (Å²) >= 11 is 0. The summed E-state index contributed by atoms with van der Waals surface area (Å²) < 4.78 is 10.3. The van der Waals surface area contributed by atoms with Crippen molar-refractivity contribution >= 4 is 7.60 Å². The van der Waals surface area contributed by atoms with Crippen molar-refractivity contribution in [1.29, 1.82) is 0 Å². The second-order valence-electron chi connectivity index (χ2n) is 3.81. The Balaban J connectivity index is 0. The average Bonchev–Trinajstić information content (AvgIpc) is 2.08. The van der Waals surface area contributed by atoms with E-state index in [4.69, 9.17) is 0 Å². The summed E-state index contributed by atoms with van der Waals surface area (Å²) in [7, 11) is -4.23. The van der Waals surface area contributed by atoms with E-state index in [9.17, 15) is 14.4 Å². The van der Waals surface area contributed by atoms with Gasteiger partial charge in [0.15, 0.2) is 0 Å². The van der Waals surface area contributed by atoms with Crippen LogP contribution in [0.25, 0.3) is 0 Å². The van der Waals surface area contributed by atoms with Gasteiger partial charge in [-0.1, -0.05) is 59.5 Å². The van der Waals surface area contributed by atoms with Gasteiger partial charge in [-0.3, -0.25) is 0 Å². The maximum absolute atomic E-state index is 10.3. The van der Waals surface area contributed by atoms with Crippen molar-refractivity contribution in [3.05, 3.63) is 0 Å². The van der Waals surface area contributed by atoms with Crippen LogP contribution in [0.3, 0.4) is 0 Å². The van der Waals surface area contributed by atoms with Crippen LogP contribution in [-0.4, -0.2) is 6.16 Å². The molecule has 0 fully saturated rings. The van der Waals surface area contributed by atoms with Crippen molar-refractivity contribution in [3.8, 4) is 0 Å². The third-order valence-corrected chi connectivity index (χ3v) is 3.15. The van der Waals surface area contributed by atoms with Crippen molar-refractivity contribution in [3.63, 3.8) is 0 Å². The first kappa shape index (κ1) is 18.0. The molecule has 0 heterocycles. The van der Waals surface area contributed by atoms with Crippen LogP contribution in [0.15, 0.2) is 0 Å². The van der Waals surface area contributed by atoms with Crippen LogP contribution in [-0.2, 0) is 21.6 Å². The van der Waals surface area contributed by atoms with Crippen LogP contribution in [0.1, 0.15) is 58.3 Å². The Bertz CT molecular complexity index is 170. The van der Waals surface area contributed by atoms with Crippen molar-refractivity contribution in [2.45, 2.75) is 58.3 Å². The van der Waals surface area contributed by atoms with E-state index in [1.165, 1.54) is 32.1 Å².